The highest BCUT2D eigenvalue weighted by atomic mass is 31.2. The molecule has 3 N–H and O–H groups in total. The van der Waals surface area contributed by atoms with Gasteiger partial charge in [0.1, 0.15) is 0 Å². The highest BCUT2D eigenvalue weighted by Gasteiger charge is 2.23. The molecule has 0 atom stereocenters. The first-order valence-corrected chi connectivity index (χ1v) is 5.33. The van der Waals surface area contributed by atoms with E-state index in [-0.39, 0.29) is 19.8 Å². The first-order valence-electron chi connectivity index (χ1n) is 3.80. The van der Waals surface area contributed by atoms with Crippen LogP contribution in [0.25, 0.3) is 0 Å². The second kappa shape index (κ2) is 5.05. The molecule has 0 aliphatic carbocycles. The van der Waals surface area contributed by atoms with Gasteiger partial charge in [0.2, 0.25) is 0 Å². The summed E-state index contributed by atoms with van der Waals surface area (Å²) in [4.78, 5) is 16.8. The molecule has 0 saturated carbocycles. The van der Waals surface area contributed by atoms with Crippen LogP contribution in [0.15, 0.2) is 0 Å². The Morgan fingerprint density at radius 3 is 2.38 bits per heavy atom. The molecule has 0 saturated heterocycles. The smallest absolute Gasteiger partial charge is 0.307 e. The van der Waals surface area contributed by atoms with E-state index in [1.165, 1.54) is 0 Å². The van der Waals surface area contributed by atoms with Gasteiger partial charge in [-0.3, -0.25) is 4.52 Å². The zero-order valence-corrected chi connectivity index (χ0v) is 8.58. The fourth-order valence-electron chi connectivity index (χ4n) is 0.686. The van der Waals surface area contributed by atoms with Crippen molar-refractivity contribution in [2.24, 2.45) is 0 Å². The lowest BCUT2D eigenvalue weighted by Gasteiger charge is -2.25. The van der Waals surface area contributed by atoms with Crippen LogP contribution in [0.5, 0.6) is 0 Å². The van der Waals surface area contributed by atoms with Crippen LogP contribution in [0, 0.1) is 0 Å². The number of phosphoric acid groups is 1. The number of hydrogen-bond acceptors (Lipinski definition) is 3. The largest absolute Gasteiger partial charge is 0.469 e. The zero-order valence-electron chi connectivity index (χ0n) is 7.69. The third-order valence-corrected chi connectivity index (χ3v) is 1.76. The first-order chi connectivity index (χ1) is 5.77. The second-order valence-corrected chi connectivity index (χ2v) is 4.52. The van der Waals surface area contributed by atoms with E-state index in [1.54, 1.807) is 13.8 Å². The highest BCUT2D eigenvalue weighted by molar-refractivity contribution is 7.46. The van der Waals surface area contributed by atoms with Crippen molar-refractivity contribution in [2.75, 3.05) is 19.8 Å². The van der Waals surface area contributed by atoms with Crippen molar-refractivity contribution < 1.29 is 24.0 Å². The van der Waals surface area contributed by atoms with Crippen molar-refractivity contribution in [2.45, 2.75) is 19.4 Å². The number of rotatable bonds is 6. The summed E-state index contributed by atoms with van der Waals surface area (Å²) in [6.07, 6.45) is 0. The van der Waals surface area contributed by atoms with Gasteiger partial charge < -0.3 is 15.1 Å². The summed E-state index contributed by atoms with van der Waals surface area (Å²) in [5.74, 6) is 0. The van der Waals surface area contributed by atoms with Crippen molar-refractivity contribution in [3.63, 3.8) is 0 Å². The molecule has 0 aliphatic heterocycles. The molecular weight excluding hydrogens is 197 g/mol. The van der Waals surface area contributed by atoms with Gasteiger partial charge in [-0.05, 0) is 13.8 Å². The standard InChI is InChI=1S/C6H15NO5P/c1-6(2,7-3-4-8)5-12-13(9,10)11/h7H,3-5H2,1-2H3,(H2,9,10,11). The molecule has 0 fully saturated rings. The maximum atomic E-state index is 10.3. The predicted octanol–water partition coefficient (Wildman–Crippen LogP) is -0.106. The lowest BCUT2D eigenvalue weighted by Crippen LogP contribution is -2.44. The van der Waals surface area contributed by atoms with Crippen LogP contribution in [-0.2, 0) is 14.2 Å². The summed E-state index contributed by atoms with van der Waals surface area (Å²) in [5, 5.41) is 12.9. The molecule has 13 heavy (non-hydrogen) atoms. The Balaban J connectivity index is 3.82. The molecule has 0 rings (SSSR count). The summed E-state index contributed by atoms with van der Waals surface area (Å²) >= 11 is 0. The maximum absolute atomic E-state index is 10.3. The molecule has 0 heterocycles. The monoisotopic (exact) mass is 212 g/mol. The average Bonchev–Trinajstić information content (AvgIpc) is 1.97. The van der Waals surface area contributed by atoms with Gasteiger partial charge in [-0.1, -0.05) is 0 Å². The van der Waals surface area contributed by atoms with Gasteiger partial charge in [-0.25, -0.2) is 9.67 Å². The molecule has 1 radical (unpaired) electrons. The molecule has 79 valence electrons. The molecule has 0 aromatic carbocycles. The Morgan fingerprint density at radius 1 is 1.46 bits per heavy atom. The van der Waals surface area contributed by atoms with E-state index in [0.29, 0.717) is 0 Å². The fourth-order valence-corrected chi connectivity index (χ4v) is 1.18. The summed E-state index contributed by atoms with van der Waals surface area (Å²) < 4.78 is 14.6. The third kappa shape index (κ3) is 8.36. The quantitative estimate of drug-likeness (QED) is 0.534. The molecule has 0 aliphatic rings. The van der Waals surface area contributed by atoms with Crippen LogP contribution in [-0.4, -0.2) is 35.1 Å². The second-order valence-electron chi connectivity index (χ2n) is 3.28. The SMILES string of the molecule is CC(C)(COP(=O)(O)O)NCC[O]. The minimum Gasteiger partial charge on any atom is -0.307 e. The summed E-state index contributed by atoms with van der Waals surface area (Å²) in [7, 11) is -4.41. The van der Waals surface area contributed by atoms with Crippen LogP contribution in [0.2, 0.25) is 0 Å². The van der Waals surface area contributed by atoms with E-state index >= 15 is 0 Å². The first kappa shape index (κ1) is 13.0. The van der Waals surface area contributed by atoms with Crippen LogP contribution in [0.4, 0.5) is 0 Å². The van der Waals surface area contributed by atoms with Crippen molar-refractivity contribution in [1.29, 1.82) is 0 Å². The molecule has 6 nitrogen and oxygen atoms in total. The average molecular weight is 212 g/mol. The lowest BCUT2D eigenvalue weighted by atomic mass is 10.1. The van der Waals surface area contributed by atoms with Gasteiger partial charge in [-0.2, -0.15) is 0 Å². The van der Waals surface area contributed by atoms with E-state index in [0.717, 1.165) is 0 Å². The van der Waals surface area contributed by atoms with Crippen LogP contribution in [0.3, 0.4) is 0 Å². The normalized spacial score (nSPS) is 13.3. The van der Waals surface area contributed by atoms with Crippen LogP contribution < -0.4 is 5.32 Å². The number of nitrogens with one attached hydrogen (secondary N) is 1. The molecule has 0 spiro atoms. The highest BCUT2D eigenvalue weighted by Crippen LogP contribution is 2.36. The van der Waals surface area contributed by atoms with E-state index in [1.807, 2.05) is 0 Å². The van der Waals surface area contributed by atoms with Crippen molar-refractivity contribution in [1.82, 2.24) is 5.32 Å². The summed E-state index contributed by atoms with van der Waals surface area (Å²) in [5.41, 5.74) is -0.606. The third-order valence-electron chi connectivity index (χ3n) is 1.30. The summed E-state index contributed by atoms with van der Waals surface area (Å²) in [6, 6.07) is 0. The molecule has 0 bridgehead atoms. The van der Waals surface area contributed by atoms with Gasteiger partial charge in [-0.15, -0.1) is 0 Å². The maximum Gasteiger partial charge on any atom is 0.469 e. The predicted molar refractivity (Wildman–Crippen MR) is 45.6 cm³/mol. The van der Waals surface area contributed by atoms with Crippen LogP contribution >= 0.6 is 7.82 Å². The Labute approximate surface area is 77.2 Å². The zero-order chi connectivity index (χ0) is 10.5. The Morgan fingerprint density at radius 2 is 2.00 bits per heavy atom. The van der Waals surface area contributed by atoms with E-state index in [4.69, 9.17) is 9.79 Å². The van der Waals surface area contributed by atoms with Gasteiger partial charge in [0.05, 0.1) is 13.2 Å². The van der Waals surface area contributed by atoms with E-state index in [2.05, 4.69) is 9.84 Å². The molecule has 0 aromatic rings. The van der Waals surface area contributed by atoms with E-state index < -0.39 is 13.4 Å². The number of hydrogen-bond donors (Lipinski definition) is 3. The van der Waals surface area contributed by atoms with Gasteiger partial charge in [0.15, 0.2) is 0 Å². The summed E-state index contributed by atoms with van der Waals surface area (Å²) in [6.45, 7) is 3.21. The minimum absolute atomic E-state index is 0.142. The molecule has 0 amide bonds. The van der Waals surface area contributed by atoms with E-state index in [9.17, 15) is 9.67 Å². The van der Waals surface area contributed by atoms with Crippen molar-refractivity contribution in [3.05, 3.63) is 0 Å². The van der Waals surface area contributed by atoms with Crippen molar-refractivity contribution in [3.8, 4) is 0 Å². The molecule has 7 heteroatoms. The van der Waals surface area contributed by atoms with Gasteiger partial charge >= 0.3 is 7.82 Å². The Kier molecular flexibility index (Phi) is 5.06. The minimum atomic E-state index is -4.41. The Bertz CT molecular complexity index is 189. The lowest BCUT2D eigenvalue weighted by molar-refractivity contribution is 0.134. The Hall–Kier alpha value is 0.0300. The van der Waals surface area contributed by atoms with Gasteiger partial charge in [0, 0.05) is 12.1 Å². The molecule has 0 unspecified atom stereocenters. The fraction of sp³-hybridized carbons (Fsp3) is 1.00. The van der Waals surface area contributed by atoms with Gasteiger partial charge in [0.25, 0.3) is 0 Å². The molecular formula is C6H15NO5P. The van der Waals surface area contributed by atoms with Crippen molar-refractivity contribution >= 4 is 7.82 Å². The number of phosphoric ester groups is 1. The molecule has 0 aromatic heterocycles. The van der Waals surface area contributed by atoms with Crippen LogP contribution in [0.1, 0.15) is 13.8 Å². The topological polar surface area (TPSA) is 98.7 Å².